The van der Waals surface area contributed by atoms with E-state index in [-0.39, 0.29) is 17.7 Å². The van der Waals surface area contributed by atoms with Crippen molar-refractivity contribution in [2.45, 2.75) is 32.2 Å². The van der Waals surface area contributed by atoms with Crippen LogP contribution in [0.25, 0.3) is 0 Å². The molecule has 7 heteroatoms. The molecule has 0 aliphatic rings. The Morgan fingerprint density at radius 2 is 2.10 bits per heavy atom. The number of rotatable bonds is 9. The molecule has 0 bridgehead atoms. The summed E-state index contributed by atoms with van der Waals surface area (Å²) in [5.41, 5.74) is 0.414. The van der Waals surface area contributed by atoms with Gasteiger partial charge in [0.15, 0.2) is 0 Å². The summed E-state index contributed by atoms with van der Waals surface area (Å²) in [4.78, 5) is 0. The smallest absolute Gasteiger partial charge is 0.261 e. The van der Waals surface area contributed by atoms with Crippen LogP contribution in [0.1, 0.15) is 31.4 Å². The zero-order valence-corrected chi connectivity index (χ0v) is 14.0. The van der Waals surface area contributed by atoms with Crippen molar-refractivity contribution in [1.29, 1.82) is 0 Å². The van der Waals surface area contributed by atoms with Crippen molar-refractivity contribution in [3.8, 4) is 0 Å². The van der Waals surface area contributed by atoms with Gasteiger partial charge in [-0.3, -0.25) is 0 Å². The average Bonchev–Trinajstić information content (AvgIpc) is 2.45. The van der Waals surface area contributed by atoms with Crippen molar-refractivity contribution in [2.24, 2.45) is 0 Å². The Kier molecular flexibility index (Phi) is 8.63. The van der Waals surface area contributed by atoms with Crippen molar-refractivity contribution < 1.29 is 17.9 Å². The molecular formula is C14H18BrClF3NO. The molecule has 120 valence electrons. The normalized spacial score (nSPS) is 12.9. The number of ether oxygens (including phenoxy) is 1. The van der Waals surface area contributed by atoms with E-state index in [1.807, 2.05) is 6.92 Å². The first-order chi connectivity index (χ1) is 9.97. The molecule has 0 aliphatic carbocycles. The molecule has 1 aromatic rings. The van der Waals surface area contributed by atoms with Gasteiger partial charge in [-0.15, -0.1) is 0 Å². The van der Waals surface area contributed by atoms with Crippen LogP contribution >= 0.6 is 27.5 Å². The van der Waals surface area contributed by atoms with Crippen molar-refractivity contribution >= 4 is 27.5 Å². The molecule has 0 aromatic heterocycles. The summed E-state index contributed by atoms with van der Waals surface area (Å²) < 4.78 is 43.6. The summed E-state index contributed by atoms with van der Waals surface area (Å²) in [6.45, 7) is 2.19. The Balaban J connectivity index is 2.75. The van der Waals surface area contributed by atoms with Gasteiger partial charge in [-0.2, -0.15) is 0 Å². The van der Waals surface area contributed by atoms with Crippen molar-refractivity contribution in [3.05, 3.63) is 33.0 Å². The molecule has 0 spiro atoms. The quantitative estimate of drug-likeness (QED) is 0.477. The fraction of sp³-hybridized carbons (Fsp3) is 0.571. The number of halogens is 5. The van der Waals surface area contributed by atoms with Crippen LogP contribution in [-0.2, 0) is 4.74 Å². The number of nitrogens with one attached hydrogen (secondary N) is 1. The molecule has 1 unspecified atom stereocenters. The fourth-order valence-corrected chi connectivity index (χ4v) is 2.35. The van der Waals surface area contributed by atoms with E-state index in [1.165, 1.54) is 0 Å². The van der Waals surface area contributed by atoms with Crippen LogP contribution < -0.4 is 5.32 Å². The lowest BCUT2D eigenvalue weighted by Crippen LogP contribution is -2.25. The van der Waals surface area contributed by atoms with Gasteiger partial charge in [0.2, 0.25) is 0 Å². The third kappa shape index (κ3) is 6.14. The topological polar surface area (TPSA) is 21.3 Å². The molecule has 0 radical (unpaired) electrons. The molecule has 0 amide bonds. The standard InChI is InChI=1S/C14H18BrClF3NO/c1-2-6-20-11(5-7-21-8-12(17)18)9-3-4-10(15)13(16)14(9)19/h3-4,11-12,20H,2,5-8H2,1H3. The van der Waals surface area contributed by atoms with Gasteiger partial charge >= 0.3 is 0 Å². The number of hydrogen-bond acceptors (Lipinski definition) is 2. The van der Waals surface area contributed by atoms with Gasteiger partial charge in [0.1, 0.15) is 12.4 Å². The first-order valence-corrected chi connectivity index (χ1v) is 7.87. The summed E-state index contributed by atoms with van der Waals surface area (Å²) in [6.07, 6.45) is -1.23. The van der Waals surface area contributed by atoms with E-state index in [9.17, 15) is 13.2 Å². The molecule has 0 fully saturated rings. The molecular weight excluding hydrogens is 371 g/mol. The maximum atomic E-state index is 14.2. The highest BCUT2D eigenvalue weighted by Crippen LogP contribution is 2.31. The van der Waals surface area contributed by atoms with Gasteiger partial charge < -0.3 is 10.1 Å². The molecule has 0 saturated heterocycles. The third-order valence-corrected chi connectivity index (χ3v) is 4.13. The van der Waals surface area contributed by atoms with Crippen LogP contribution in [0.3, 0.4) is 0 Å². The van der Waals surface area contributed by atoms with Crippen LogP contribution in [0, 0.1) is 5.82 Å². The molecule has 0 saturated carbocycles. The second-order valence-electron chi connectivity index (χ2n) is 4.53. The third-order valence-electron chi connectivity index (χ3n) is 2.88. The van der Waals surface area contributed by atoms with Crippen LogP contribution in [0.5, 0.6) is 0 Å². The van der Waals surface area contributed by atoms with Gasteiger partial charge in [-0.25, -0.2) is 13.2 Å². The first kappa shape index (κ1) is 18.7. The number of hydrogen-bond donors (Lipinski definition) is 1. The van der Waals surface area contributed by atoms with E-state index < -0.39 is 18.8 Å². The molecule has 1 rings (SSSR count). The average molecular weight is 389 g/mol. The largest absolute Gasteiger partial charge is 0.375 e. The Morgan fingerprint density at radius 1 is 1.38 bits per heavy atom. The lowest BCUT2D eigenvalue weighted by molar-refractivity contribution is 0.0143. The molecule has 2 nitrogen and oxygen atoms in total. The minimum atomic E-state index is -2.49. The second kappa shape index (κ2) is 9.66. The molecule has 1 N–H and O–H groups in total. The van der Waals surface area contributed by atoms with Crippen LogP contribution in [0.2, 0.25) is 5.02 Å². The highest BCUT2D eigenvalue weighted by atomic mass is 79.9. The minimum Gasteiger partial charge on any atom is -0.375 e. The van der Waals surface area contributed by atoms with Crippen LogP contribution in [-0.4, -0.2) is 26.2 Å². The predicted molar refractivity (Wildman–Crippen MR) is 81.6 cm³/mol. The van der Waals surface area contributed by atoms with Gasteiger partial charge in [0.05, 0.1) is 5.02 Å². The van der Waals surface area contributed by atoms with E-state index in [4.69, 9.17) is 16.3 Å². The predicted octanol–water partition coefficient (Wildman–Crippen LogP) is 4.95. The monoisotopic (exact) mass is 387 g/mol. The summed E-state index contributed by atoms with van der Waals surface area (Å²) >= 11 is 9.05. The van der Waals surface area contributed by atoms with Gasteiger partial charge in [0, 0.05) is 22.7 Å². The first-order valence-electron chi connectivity index (χ1n) is 6.70. The van der Waals surface area contributed by atoms with E-state index in [0.29, 0.717) is 23.0 Å². The van der Waals surface area contributed by atoms with E-state index in [2.05, 4.69) is 21.2 Å². The number of benzene rings is 1. The molecule has 0 aliphatic heterocycles. The Bertz CT molecular complexity index is 448. The minimum absolute atomic E-state index is 0.0179. The van der Waals surface area contributed by atoms with Gasteiger partial charge in [-0.1, -0.05) is 24.6 Å². The zero-order valence-electron chi connectivity index (χ0n) is 11.6. The zero-order chi connectivity index (χ0) is 15.8. The van der Waals surface area contributed by atoms with E-state index >= 15 is 0 Å². The maximum Gasteiger partial charge on any atom is 0.261 e. The van der Waals surface area contributed by atoms with Gasteiger partial charge in [0.25, 0.3) is 6.43 Å². The Hall–Kier alpha value is -0.300. The van der Waals surface area contributed by atoms with Crippen molar-refractivity contribution in [1.82, 2.24) is 5.32 Å². The Labute approximate surface area is 136 Å². The van der Waals surface area contributed by atoms with Crippen LogP contribution in [0.4, 0.5) is 13.2 Å². The molecule has 21 heavy (non-hydrogen) atoms. The SMILES string of the molecule is CCCNC(CCOCC(F)F)c1ccc(Br)c(Cl)c1F. The lowest BCUT2D eigenvalue weighted by atomic mass is 10.0. The Morgan fingerprint density at radius 3 is 2.71 bits per heavy atom. The highest BCUT2D eigenvalue weighted by molar-refractivity contribution is 9.10. The molecule has 0 heterocycles. The fourth-order valence-electron chi connectivity index (χ4n) is 1.87. The molecule has 1 aromatic carbocycles. The lowest BCUT2D eigenvalue weighted by Gasteiger charge is -2.20. The highest BCUT2D eigenvalue weighted by Gasteiger charge is 2.19. The number of alkyl halides is 2. The van der Waals surface area contributed by atoms with E-state index in [1.54, 1.807) is 12.1 Å². The van der Waals surface area contributed by atoms with Crippen molar-refractivity contribution in [3.63, 3.8) is 0 Å². The van der Waals surface area contributed by atoms with E-state index in [0.717, 1.165) is 6.42 Å². The molecule has 1 atom stereocenters. The summed E-state index contributed by atoms with van der Waals surface area (Å²) in [5, 5.41) is 3.20. The van der Waals surface area contributed by atoms with Crippen LogP contribution in [0.15, 0.2) is 16.6 Å². The maximum absolute atomic E-state index is 14.2. The second-order valence-corrected chi connectivity index (χ2v) is 5.76. The summed E-state index contributed by atoms with van der Waals surface area (Å²) in [7, 11) is 0. The summed E-state index contributed by atoms with van der Waals surface area (Å²) in [5.74, 6) is -0.506. The van der Waals surface area contributed by atoms with Gasteiger partial charge in [-0.05, 0) is 41.4 Å². The summed E-state index contributed by atoms with van der Waals surface area (Å²) in [6, 6.07) is 2.97. The van der Waals surface area contributed by atoms with Crippen molar-refractivity contribution in [2.75, 3.05) is 19.8 Å².